The second-order valence-corrected chi connectivity index (χ2v) is 7.65. The smallest absolute Gasteiger partial charge is 0.290 e. The van der Waals surface area contributed by atoms with Crippen molar-refractivity contribution in [3.63, 3.8) is 0 Å². The lowest BCUT2D eigenvalue weighted by Gasteiger charge is -2.26. The summed E-state index contributed by atoms with van der Waals surface area (Å²) in [4.78, 5) is 30.4. The van der Waals surface area contributed by atoms with Crippen molar-refractivity contribution >= 4 is 16.9 Å². The zero-order valence-corrected chi connectivity index (χ0v) is 17.1. The van der Waals surface area contributed by atoms with E-state index in [0.717, 1.165) is 11.1 Å². The molecule has 0 saturated heterocycles. The third-order valence-electron chi connectivity index (χ3n) is 5.32. The number of hydrogen-bond donors (Lipinski definition) is 0. The number of fused-ring (bicyclic) bond motifs is 2. The number of nitrogens with zero attached hydrogens (tertiary/aromatic N) is 2. The van der Waals surface area contributed by atoms with Gasteiger partial charge in [0.05, 0.1) is 24.1 Å². The summed E-state index contributed by atoms with van der Waals surface area (Å²) < 4.78 is 11.3. The van der Waals surface area contributed by atoms with Gasteiger partial charge in [0.1, 0.15) is 11.3 Å². The van der Waals surface area contributed by atoms with Crippen molar-refractivity contribution in [3.05, 3.63) is 75.1 Å². The number of ether oxygens (including phenoxy) is 1. The maximum absolute atomic E-state index is 13.5. The summed E-state index contributed by atoms with van der Waals surface area (Å²) in [7, 11) is 5.50. The standard InChI is InChI=1S/C23H24N2O4/c1-14-8-9-18-17(12-14)21(26)19-20(15-6-5-7-16(13-15)28-4)25(11-10-24(2)3)23(27)22(19)29-18/h5-9,12-13,20H,10-11H2,1-4H3/t20-/m1/s1. The number of likely N-dealkylation sites (N-methyl/N-ethyl adjacent to an activating group) is 1. The first-order chi connectivity index (χ1) is 13.9. The quantitative estimate of drug-likeness (QED) is 0.667. The maximum Gasteiger partial charge on any atom is 0.290 e. The monoisotopic (exact) mass is 392 g/mol. The van der Waals surface area contributed by atoms with Crippen molar-refractivity contribution in [1.82, 2.24) is 9.80 Å². The van der Waals surface area contributed by atoms with E-state index in [1.165, 1.54) is 0 Å². The molecular formula is C23H24N2O4. The minimum atomic E-state index is -0.506. The predicted octanol–water partition coefficient (Wildman–Crippen LogP) is 3.22. The van der Waals surface area contributed by atoms with Gasteiger partial charge >= 0.3 is 0 Å². The van der Waals surface area contributed by atoms with Gasteiger partial charge in [0.15, 0.2) is 5.43 Å². The van der Waals surface area contributed by atoms with E-state index in [9.17, 15) is 9.59 Å². The number of aryl methyl sites for hydroxylation is 1. The zero-order valence-electron chi connectivity index (χ0n) is 17.1. The molecule has 0 aliphatic carbocycles. The number of hydrogen-bond acceptors (Lipinski definition) is 5. The van der Waals surface area contributed by atoms with Gasteiger partial charge in [-0.15, -0.1) is 0 Å². The average molecular weight is 392 g/mol. The lowest BCUT2D eigenvalue weighted by atomic mass is 9.98. The molecule has 6 heteroatoms. The molecule has 0 unspecified atom stereocenters. The highest BCUT2D eigenvalue weighted by Crippen LogP contribution is 2.38. The van der Waals surface area contributed by atoms with Crippen LogP contribution in [-0.4, -0.2) is 50.0 Å². The van der Waals surface area contributed by atoms with Crippen molar-refractivity contribution in [2.75, 3.05) is 34.3 Å². The highest BCUT2D eigenvalue weighted by molar-refractivity contribution is 5.99. The van der Waals surface area contributed by atoms with E-state index in [4.69, 9.17) is 9.15 Å². The number of carbonyl (C=O) groups excluding carboxylic acids is 1. The molecule has 29 heavy (non-hydrogen) atoms. The van der Waals surface area contributed by atoms with Crippen LogP contribution < -0.4 is 10.2 Å². The van der Waals surface area contributed by atoms with Gasteiger partial charge in [-0.2, -0.15) is 0 Å². The molecule has 4 rings (SSSR count). The Labute approximate surface area is 169 Å². The summed E-state index contributed by atoms with van der Waals surface area (Å²) in [5.41, 5.74) is 2.48. The molecule has 1 atom stereocenters. The molecule has 0 saturated carbocycles. The van der Waals surface area contributed by atoms with Crippen molar-refractivity contribution in [2.24, 2.45) is 0 Å². The van der Waals surface area contributed by atoms with Crippen molar-refractivity contribution in [2.45, 2.75) is 13.0 Å². The molecule has 150 valence electrons. The molecule has 0 fully saturated rings. The number of benzene rings is 2. The molecule has 2 aromatic carbocycles. The van der Waals surface area contributed by atoms with E-state index in [-0.39, 0.29) is 17.1 Å². The summed E-state index contributed by atoms with van der Waals surface area (Å²) in [6.07, 6.45) is 0. The summed E-state index contributed by atoms with van der Waals surface area (Å²) in [6, 6.07) is 12.4. The van der Waals surface area contributed by atoms with Gasteiger partial charge in [0.2, 0.25) is 5.76 Å². The number of methoxy groups -OCH3 is 1. The SMILES string of the molecule is COc1cccc([C@@H]2c3c(oc4ccc(C)cc4c3=O)C(=O)N2CCN(C)C)c1. The van der Waals surface area contributed by atoms with Gasteiger partial charge in [-0.05, 0) is 50.8 Å². The average Bonchev–Trinajstić information content (AvgIpc) is 2.99. The van der Waals surface area contributed by atoms with E-state index in [1.54, 1.807) is 18.1 Å². The van der Waals surface area contributed by atoms with Gasteiger partial charge < -0.3 is 19.0 Å². The van der Waals surface area contributed by atoms with Gasteiger partial charge in [-0.3, -0.25) is 9.59 Å². The first-order valence-corrected chi connectivity index (χ1v) is 9.57. The highest BCUT2D eigenvalue weighted by Gasteiger charge is 2.42. The minimum Gasteiger partial charge on any atom is -0.497 e. The number of rotatable bonds is 5. The maximum atomic E-state index is 13.5. The Morgan fingerprint density at radius 2 is 1.93 bits per heavy atom. The molecule has 0 spiro atoms. The minimum absolute atomic E-state index is 0.137. The molecule has 2 heterocycles. The second kappa shape index (κ2) is 7.37. The van der Waals surface area contributed by atoms with Crippen LogP contribution >= 0.6 is 0 Å². The molecular weight excluding hydrogens is 368 g/mol. The Morgan fingerprint density at radius 1 is 1.14 bits per heavy atom. The summed E-state index contributed by atoms with van der Waals surface area (Å²) in [5, 5.41) is 0.499. The van der Waals surface area contributed by atoms with Crippen LogP contribution in [0.2, 0.25) is 0 Å². The third kappa shape index (κ3) is 3.29. The van der Waals surface area contributed by atoms with E-state index in [0.29, 0.717) is 35.4 Å². The first kappa shape index (κ1) is 19.2. The van der Waals surface area contributed by atoms with E-state index < -0.39 is 6.04 Å². The van der Waals surface area contributed by atoms with Gasteiger partial charge in [0, 0.05) is 13.1 Å². The van der Waals surface area contributed by atoms with Crippen molar-refractivity contribution in [3.8, 4) is 5.75 Å². The largest absolute Gasteiger partial charge is 0.497 e. The number of amides is 1. The fraction of sp³-hybridized carbons (Fsp3) is 0.304. The lowest BCUT2D eigenvalue weighted by Crippen LogP contribution is -2.35. The summed E-state index contributed by atoms with van der Waals surface area (Å²) in [5.74, 6) is 0.559. The highest BCUT2D eigenvalue weighted by atomic mass is 16.5. The Hall–Kier alpha value is -3.12. The van der Waals surface area contributed by atoms with E-state index in [1.807, 2.05) is 62.3 Å². The Balaban J connectivity index is 1.95. The van der Waals surface area contributed by atoms with Crippen LogP contribution in [0, 0.1) is 6.92 Å². The Morgan fingerprint density at radius 3 is 2.66 bits per heavy atom. The second-order valence-electron chi connectivity index (χ2n) is 7.65. The summed E-state index contributed by atoms with van der Waals surface area (Å²) in [6.45, 7) is 3.08. The fourth-order valence-electron chi connectivity index (χ4n) is 3.83. The molecule has 1 aliphatic rings. The van der Waals surface area contributed by atoms with Crippen molar-refractivity contribution in [1.29, 1.82) is 0 Å². The van der Waals surface area contributed by atoms with Crippen LogP contribution in [0.4, 0.5) is 0 Å². The fourth-order valence-corrected chi connectivity index (χ4v) is 3.83. The summed E-state index contributed by atoms with van der Waals surface area (Å²) >= 11 is 0. The molecule has 3 aromatic rings. The zero-order chi connectivity index (χ0) is 20.7. The van der Waals surface area contributed by atoms with Gasteiger partial charge in [-0.25, -0.2) is 0 Å². The van der Waals surface area contributed by atoms with E-state index in [2.05, 4.69) is 0 Å². The lowest BCUT2D eigenvalue weighted by molar-refractivity contribution is 0.0716. The third-order valence-corrected chi connectivity index (χ3v) is 5.32. The normalized spacial score (nSPS) is 16.0. The molecule has 1 amide bonds. The van der Waals surface area contributed by atoms with Crippen LogP contribution in [0.5, 0.6) is 5.75 Å². The molecule has 0 N–H and O–H groups in total. The molecule has 0 radical (unpaired) electrons. The van der Waals surface area contributed by atoms with E-state index >= 15 is 0 Å². The van der Waals surface area contributed by atoms with Crippen LogP contribution in [0.15, 0.2) is 51.7 Å². The molecule has 1 aromatic heterocycles. The van der Waals surface area contributed by atoms with Crippen LogP contribution in [0.1, 0.15) is 33.3 Å². The molecule has 6 nitrogen and oxygen atoms in total. The first-order valence-electron chi connectivity index (χ1n) is 9.57. The Bertz CT molecular complexity index is 1150. The van der Waals surface area contributed by atoms with Crippen molar-refractivity contribution < 1.29 is 13.9 Å². The van der Waals surface area contributed by atoms with Crippen LogP contribution in [0.3, 0.4) is 0 Å². The van der Waals surface area contributed by atoms with Crippen LogP contribution in [-0.2, 0) is 0 Å². The van der Waals surface area contributed by atoms with Gasteiger partial charge in [0.25, 0.3) is 5.91 Å². The molecule has 0 bridgehead atoms. The van der Waals surface area contributed by atoms with Gasteiger partial charge in [-0.1, -0.05) is 23.8 Å². The number of carbonyl (C=O) groups is 1. The Kier molecular flexibility index (Phi) is 4.88. The topological polar surface area (TPSA) is 63.0 Å². The van der Waals surface area contributed by atoms with Crippen LogP contribution in [0.25, 0.3) is 11.0 Å². The molecule has 1 aliphatic heterocycles. The predicted molar refractivity (Wildman–Crippen MR) is 112 cm³/mol.